The fourth-order valence-corrected chi connectivity index (χ4v) is 4.41. The summed E-state index contributed by atoms with van der Waals surface area (Å²) in [7, 11) is 0. The fourth-order valence-electron chi connectivity index (χ4n) is 4.41. The number of terminal acetylenes is 1. The first-order chi connectivity index (χ1) is 19.0. The Morgan fingerprint density at radius 3 is 2.27 bits per heavy atom. The van der Waals surface area contributed by atoms with Crippen LogP contribution in [0.4, 0.5) is 10.5 Å². The lowest BCUT2D eigenvalue weighted by Crippen LogP contribution is -2.51. The van der Waals surface area contributed by atoms with Crippen molar-refractivity contribution in [3.63, 3.8) is 0 Å². The summed E-state index contributed by atoms with van der Waals surface area (Å²) in [6.07, 6.45) is 7.38. The van der Waals surface area contributed by atoms with Crippen molar-refractivity contribution in [3.05, 3.63) is 77.9 Å². The normalized spacial score (nSPS) is 12.6. The molecule has 3 amide bonds. The first kappa shape index (κ1) is 30.2. The molecular formula is C33H39N3O4. The SMILES string of the molecule is C#Cc1ccc(C(C(=O)Nc2ccc3ccccc3c2)N(CCCCC)C(=O)C(C)NC(=O)OC(C)(C)C)cc1. The average molecular weight is 542 g/mol. The van der Waals surface area contributed by atoms with Crippen molar-refractivity contribution in [2.75, 3.05) is 11.9 Å². The van der Waals surface area contributed by atoms with Crippen LogP contribution in [0.3, 0.4) is 0 Å². The molecule has 0 aromatic heterocycles. The molecule has 3 rings (SSSR count). The number of fused-ring (bicyclic) bond motifs is 1. The van der Waals surface area contributed by atoms with E-state index in [1.807, 2.05) is 42.5 Å². The molecule has 0 bridgehead atoms. The number of nitrogens with zero attached hydrogens (tertiary/aromatic N) is 1. The molecule has 0 fully saturated rings. The number of benzene rings is 3. The first-order valence-corrected chi connectivity index (χ1v) is 13.7. The molecule has 7 nitrogen and oxygen atoms in total. The Balaban J connectivity index is 1.97. The van der Waals surface area contributed by atoms with E-state index in [1.165, 1.54) is 0 Å². The summed E-state index contributed by atoms with van der Waals surface area (Å²) in [5.41, 5.74) is 1.19. The summed E-state index contributed by atoms with van der Waals surface area (Å²) in [6, 6.07) is 18.7. The number of hydrogen-bond donors (Lipinski definition) is 2. The van der Waals surface area contributed by atoms with Crippen LogP contribution in [-0.2, 0) is 14.3 Å². The Bertz CT molecular complexity index is 1370. The number of rotatable bonds is 10. The van der Waals surface area contributed by atoms with E-state index < -0.39 is 23.8 Å². The van der Waals surface area contributed by atoms with Gasteiger partial charge in [0.05, 0.1) is 0 Å². The molecule has 0 saturated carbocycles. The van der Waals surface area contributed by atoms with Gasteiger partial charge in [0.1, 0.15) is 17.7 Å². The topological polar surface area (TPSA) is 87.7 Å². The number of carbonyl (C=O) groups is 3. The lowest BCUT2D eigenvalue weighted by atomic mass is 10.0. The highest BCUT2D eigenvalue weighted by atomic mass is 16.6. The maximum absolute atomic E-state index is 14.0. The highest BCUT2D eigenvalue weighted by Crippen LogP contribution is 2.27. The third-order valence-electron chi connectivity index (χ3n) is 6.36. The van der Waals surface area contributed by atoms with Gasteiger partial charge in [-0.25, -0.2) is 4.79 Å². The number of nitrogens with one attached hydrogen (secondary N) is 2. The van der Waals surface area contributed by atoms with Gasteiger partial charge in [-0.3, -0.25) is 9.59 Å². The summed E-state index contributed by atoms with van der Waals surface area (Å²) in [5.74, 6) is 1.84. The molecule has 40 heavy (non-hydrogen) atoms. The van der Waals surface area contributed by atoms with Crippen LogP contribution in [0, 0.1) is 12.3 Å². The second-order valence-electron chi connectivity index (χ2n) is 10.8. The standard InChI is InChI=1S/C33H39N3O4/c1-7-9-12-21-36(31(38)23(3)34-32(39)40-33(4,5)6)29(26-17-15-24(8-2)16-18-26)30(37)35-28-20-19-25-13-10-11-14-27(25)22-28/h2,10-11,13-20,22-23,29H,7,9,12,21H2,1,3-6H3,(H,34,39)(H,35,37). The quantitative estimate of drug-likeness (QED) is 0.229. The van der Waals surface area contributed by atoms with E-state index in [0.717, 1.165) is 23.6 Å². The predicted molar refractivity (Wildman–Crippen MR) is 160 cm³/mol. The summed E-state index contributed by atoms with van der Waals surface area (Å²) in [4.78, 5) is 41.8. The molecule has 2 N–H and O–H groups in total. The Morgan fingerprint density at radius 2 is 1.65 bits per heavy atom. The van der Waals surface area contributed by atoms with Gasteiger partial charge in [0.25, 0.3) is 5.91 Å². The maximum atomic E-state index is 14.0. The zero-order chi connectivity index (χ0) is 29.3. The molecule has 2 unspecified atom stereocenters. The van der Waals surface area contributed by atoms with Gasteiger partial charge >= 0.3 is 6.09 Å². The van der Waals surface area contributed by atoms with Gasteiger partial charge in [-0.15, -0.1) is 6.42 Å². The third kappa shape index (κ3) is 8.34. The highest BCUT2D eigenvalue weighted by molar-refractivity contribution is 6.00. The third-order valence-corrected chi connectivity index (χ3v) is 6.36. The fraction of sp³-hybridized carbons (Fsp3) is 0.364. The molecule has 3 aromatic carbocycles. The minimum atomic E-state index is -0.953. The Hall–Kier alpha value is -4.31. The van der Waals surface area contributed by atoms with Crippen molar-refractivity contribution in [2.24, 2.45) is 0 Å². The van der Waals surface area contributed by atoms with Crippen LogP contribution in [0.25, 0.3) is 10.8 Å². The van der Waals surface area contributed by atoms with Gasteiger partial charge in [0.15, 0.2) is 0 Å². The summed E-state index contributed by atoms with van der Waals surface area (Å²) >= 11 is 0. The second kappa shape index (κ2) is 13.7. The largest absolute Gasteiger partial charge is 0.444 e. The molecule has 0 saturated heterocycles. The van der Waals surface area contributed by atoms with Crippen LogP contribution < -0.4 is 10.6 Å². The Kier molecular flexibility index (Phi) is 10.3. The van der Waals surface area contributed by atoms with Crippen LogP contribution >= 0.6 is 0 Å². The molecule has 0 radical (unpaired) electrons. The van der Waals surface area contributed by atoms with E-state index in [4.69, 9.17) is 11.2 Å². The average Bonchev–Trinajstić information content (AvgIpc) is 2.91. The van der Waals surface area contributed by atoms with Crippen LogP contribution in [0.5, 0.6) is 0 Å². The molecule has 3 aromatic rings. The van der Waals surface area contributed by atoms with Gasteiger partial charge in [0, 0.05) is 17.8 Å². The van der Waals surface area contributed by atoms with E-state index >= 15 is 0 Å². The molecule has 0 heterocycles. The van der Waals surface area contributed by atoms with Crippen LogP contribution in [0.15, 0.2) is 66.7 Å². The molecule has 0 aliphatic carbocycles. The van der Waals surface area contributed by atoms with Crippen molar-refractivity contribution >= 4 is 34.4 Å². The van der Waals surface area contributed by atoms with E-state index in [1.54, 1.807) is 56.9 Å². The molecule has 0 spiro atoms. The van der Waals surface area contributed by atoms with Gasteiger partial charge < -0.3 is 20.3 Å². The van der Waals surface area contributed by atoms with E-state index in [-0.39, 0.29) is 11.8 Å². The smallest absolute Gasteiger partial charge is 0.408 e. The number of alkyl carbamates (subject to hydrolysis) is 1. The molecule has 0 aliphatic heterocycles. The van der Waals surface area contributed by atoms with Crippen molar-refractivity contribution in [1.82, 2.24) is 10.2 Å². The molecule has 7 heteroatoms. The lowest BCUT2D eigenvalue weighted by Gasteiger charge is -2.34. The van der Waals surface area contributed by atoms with Gasteiger partial charge in [-0.1, -0.05) is 68.2 Å². The summed E-state index contributed by atoms with van der Waals surface area (Å²) < 4.78 is 5.35. The van der Waals surface area contributed by atoms with Crippen molar-refractivity contribution in [1.29, 1.82) is 0 Å². The molecule has 2 atom stereocenters. The molecule has 0 aliphatic rings. The second-order valence-corrected chi connectivity index (χ2v) is 10.8. The number of anilines is 1. The summed E-state index contributed by atoms with van der Waals surface area (Å²) in [5, 5.41) is 7.69. The van der Waals surface area contributed by atoms with Gasteiger partial charge in [-0.2, -0.15) is 0 Å². The van der Waals surface area contributed by atoms with E-state index in [2.05, 4.69) is 23.5 Å². The minimum Gasteiger partial charge on any atom is -0.444 e. The number of amides is 3. The van der Waals surface area contributed by atoms with E-state index in [9.17, 15) is 14.4 Å². The Labute approximate surface area is 237 Å². The molecular weight excluding hydrogens is 502 g/mol. The Morgan fingerprint density at radius 1 is 0.975 bits per heavy atom. The van der Waals surface area contributed by atoms with Crippen LogP contribution in [0.1, 0.15) is 71.0 Å². The van der Waals surface area contributed by atoms with Crippen LogP contribution in [0.2, 0.25) is 0 Å². The molecule has 210 valence electrons. The highest BCUT2D eigenvalue weighted by Gasteiger charge is 2.34. The number of carbonyl (C=O) groups excluding carboxylic acids is 3. The predicted octanol–water partition coefficient (Wildman–Crippen LogP) is 6.43. The maximum Gasteiger partial charge on any atom is 0.408 e. The zero-order valence-electron chi connectivity index (χ0n) is 24.0. The number of ether oxygens (including phenoxy) is 1. The monoisotopic (exact) mass is 541 g/mol. The lowest BCUT2D eigenvalue weighted by molar-refractivity contribution is -0.140. The zero-order valence-corrected chi connectivity index (χ0v) is 24.0. The van der Waals surface area contributed by atoms with Crippen molar-refractivity contribution in [2.45, 2.75) is 71.6 Å². The van der Waals surface area contributed by atoms with Crippen molar-refractivity contribution in [3.8, 4) is 12.3 Å². The van der Waals surface area contributed by atoms with E-state index in [0.29, 0.717) is 29.8 Å². The number of unbranched alkanes of at least 4 members (excludes halogenated alkanes) is 2. The summed E-state index contributed by atoms with van der Waals surface area (Å²) in [6.45, 7) is 9.26. The first-order valence-electron chi connectivity index (χ1n) is 13.7. The van der Waals surface area contributed by atoms with Gasteiger partial charge in [-0.05, 0) is 74.7 Å². The van der Waals surface area contributed by atoms with Crippen molar-refractivity contribution < 1.29 is 19.1 Å². The minimum absolute atomic E-state index is 0.333. The van der Waals surface area contributed by atoms with Gasteiger partial charge in [0.2, 0.25) is 5.91 Å². The van der Waals surface area contributed by atoms with Crippen LogP contribution in [-0.4, -0.2) is 41.0 Å². The number of hydrogen-bond acceptors (Lipinski definition) is 4.